The first kappa shape index (κ1) is 28.1. The van der Waals surface area contributed by atoms with E-state index in [0.717, 1.165) is 33.2 Å². The summed E-state index contributed by atoms with van der Waals surface area (Å²) in [5.41, 5.74) is 10.4. The number of rotatable bonds is 4. The van der Waals surface area contributed by atoms with Crippen LogP contribution in [0.2, 0.25) is 0 Å². The lowest BCUT2D eigenvalue weighted by Gasteiger charge is -2.48. The number of aromatic nitrogens is 3. The largest absolute Gasteiger partial charge is 0.208 e. The van der Waals surface area contributed by atoms with Crippen LogP contribution in [-0.2, 0) is 10.8 Å². The standard InChI is InChI=1S/C43H35N3/c1-42(2)37-22-14-13-21-33(37)34-24-23-32(27-38(34)43(42,3)4)35-25-30-19-11-12-20-31(30)26-36(35)41-45-39(28-15-7-5-8-16-28)44-40(46-41)29-17-9-6-10-18-29/h5-27H,1-4H3. The van der Waals surface area contributed by atoms with Crippen molar-refractivity contribution in [2.24, 2.45) is 0 Å². The predicted molar refractivity (Wildman–Crippen MR) is 191 cm³/mol. The SMILES string of the molecule is CC1(C)c2ccccc2-c2ccc(-c3cc4ccccc4cc3-c3nc(-c4ccccc4)nc(-c4ccccc4)n3)cc2C1(C)C. The van der Waals surface area contributed by atoms with Gasteiger partial charge in [0.1, 0.15) is 0 Å². The highest BCUT2D eigenvalue weighted by Crippen LogP contribution is 2.54. The molecule has 0 aliphatic heterocycles. The lowest BCUT2D eigenvalue weighted by Crippen LogP contribution is -2.43. The average Bonchev–Trinajstić information content (AvgIpc) is 3.11. The normalized spacial score (nSPS) is 14.4. The minimum absolute atomic E-state index is 0.0508. The monoisotopic (exact) mass is 593 g/mol. The van der Waals surface area contributed by atoms with Crippen molar-refractivity contribution in [3.05, 3.63) is 151 Å². The second kappa shape index (κ2) is 10.6. The number of hydrogen-bond donors (Lipinski definition) is 0. The maximum atomic E-state index is 5.14. The fourth-order valence-electron chi connectivity index (χ4n) is 6.99. The number of fused-ring (bicyclic) bond motifs is 4. The molecule has 0 radical (unpaired) electrons. The molecule has 7 aromatic rings. The molecule has 1 heterocycles. The van der Waals surface area contributed by atoms with Gasteiger partial charge in [0, 0.05) is 16.7 Å². The Bertz CT molecular complexity index is 2190. The molecule has 0 saturated heterocycles. The number of benzene rings is 6. The van der Waals surface area contributed by atoms with Gasteiger partial charge in [0.05, 0.1) is 0 Å². The quantitative estimate of drug-likeness (QED) is 0.204. The zero-order valence-electron chi connectivity index (χ0n) is 26.6. The summed E-state index contributed by atoms with van der Waals surface area (Å²) in [5.74, 6) is 1.98. The van der Waals surface area contributed by atoms with Crippen molar-refractivity contribution < 1.29 is 0 Å². The van der Waals surface area contributed by atoms with E-state index >= 15 is 0 Å². The van der Waals surface area contributed by atoms with Gasteiger partial charge in [-0.1, -0.05) is 149 Å². The lowest BCUT2D eigenvalue weighted by atomic mass is 9.55. The molecule has 0 spiro atoms. The summed E-state index contributed by atoms with van der Waals surface area (Å²) in [7, 11) is 0. The molecular formula is C43H35N3. The summed E-state index contributed by atoms with van der Waals surface area (Å²) in [6.45, 7) is 9.53. The van der Waals surface area contributed by atoms with E-state index in [1.165, 1.54) is 27.6 Å². The van der Waals surface area contributed by atoms with Crippen LogP contribution >= 0.6 is 0 Å². The predicted octanol–water partition coefficient (Wildman–Crippen LogP) is 10.9. The molecule has 3 heteroatoms. The third-order valence-electron chi connectivity index (χ3n) is 10.3. The molecule has 0 unspecified atom stereocenters. The van der Waals surface area contributed by atoms with Gasteiger partial charge in [-0.2, -0.15) is 0 Å². The van der Waals surface area contributed by atoms with Crippen molar-refractivity contribution in [1.29, 1.82) is 0 Å². The van der Waals surface area contributed by atoms with E-state index in [0.29, 0.717) is 17.5 Å². The lowest BCUT2D eigenvalue weighted by molar-refractivity contribution is 0.299. The Kier molecular flexibility index (Phi) is 6.47. The Balaban J connectivity index is 1.39. The minimum Gasteiger partial charge on any atom is -0.208 e. The van der Waals surface area contributed by atoms with Crippen LogP contribution in [0.1, 0.15) is 38.8 Å². The second-order valence-electron chi connectivity index (χ2n) is 13.3. The molecule has 0 fully saturated rings. The van der Waals surface area contributed by atoms with E-state index in [9.17, 15) is 0 Å². The van der Waals surface area contributed by atoms with Gasteiger partial charge in [0.25, 0.3) is 0 Å². The summed E-state index contributed by atoms with van der Waals surface area (Å²) >= 11 is 0. The third-order valence-corrected chi connectivity index (χ3v) is 10.3. The van der Waals surface area contributed by atoms with Crippen LogP contribution in [0, 0.1) is 0 Å². The molecule has 3 nitrogen and oxygen atoms in total. The van der Waals surface area contributed by atoms with Crippen molar-refractivity contribution in [3.63, 3.8) is 0 Å². The van der Waals surface area contributed by atoms with Crippen molar-refractivity contribution in [1.82, 2.24) is 15.0 Å². The molecule has 0 bridgehead atoms. The summed E-state index contributed by atoms with van der Waals surface area (Å²) in [6.07, 6.45) is 0. The van der Waals surface area contributed by atoms with Crippen molar-refractivity contribution in [3.8, 4) is 56.4 Å². The molecule has 8 rings (SSSR count). The first-order chi connectivity index (χ1) is 22.3. The average molecular weight is 594 g/mol. The third kappa shape index (κ3) is 4.46. The highest BCUT2D eigenvalue weighted by molar-refractivity contribution is 5.96. The first-order valence-corrected chi connectivity index (χ1v) is 16.0. The van der Waals surface area contributed by atoms with Crippen LogP contribution in [0.5, 0.6) is 0 Å². The molecular weight excluding hydrogens is 558 g/mol. The fraction of sp³-hybridized carbons (Fsp3) is 0.140. The Morgan fingerprint density at radius 1 is 0.348 bits per heavy atom. The highest BCUT2D eigenvalue weighted by atomic mass is 15.0. The van der Waals surface area contributed by atoms with Gasteiger partial charge in [-0.25, -0.2) is 15.0 Å². The maximum Gasteiger partial charge on any atom is 0.164 e. The molecule has 1 aliphatic carbocycles. The minimum atomic E-state index is -0.0994. The van der Waals surface area contributed by atoms with E-state index in [4.69, 9.17) is 15.0 Å². The first-order valence-electron chi connectivity index (χ1n) is 16.0. The van der Waals surface area contributed by atoms with Gasteiger partial charge in [0.2, 0.25) is 0 Å². The van der Waals surface area contributed by atoms with Gasteiger partial charge >= 0.3 is 0 Å². The molecule has 1 aromatic heterocycles. The molecule has 6 aromatic carbocycles. The van der Waals surface area contributed by atoms with E-state index in [2.05, 4.69) is 131 Å². The van der Waals surface area contributed by atoms with Gasteiger partial charge in [-0.05, 0) is 73.2 Å². The zero-order chi connectivity index (χ0) is 31.5. The van der Waals surface area contributed by atoms with Gasteiger partial charge in [-0.15, -0.1) is 0 Å². The Hall–Kier alpha value is -5.41. The second-order valence-corrected chi connectivity index (χ2v) is 13.3. The summed E-state index contributed by atoms with van der Waals surface area (Å²) in [6, 6.07) is 49.3. The number of hydrogen-bond acceptors (Lipinski definition) is 3. The van der Waals surface area contributed by atoms with E-state index in [1.54, 1.807) is 0 Å². The Labute approximate surface area is 270 Å². The molecule has 0 atom stereocenters. The van der Waals surface area contributed by atoms with Crippen LogP contribution in [-0.4, -0.2) is 15.0 Å². The summed E-state index contributed by atoms with van der Waals surface area (Å²) in [4.78, 5) is 15.2. The van der Waals surface area contributed by atoms with Crippen LogP contribution in [0.4, 0.5) is 0 Å². The summed E-state index contributed by atoms with van der Waals surface area (Å²) in [5, 5.41) is 2.34. The van der Waals surface area contributed by atoms with Crippen molar-refractivity contribution >= 4 is 10.8 Å². The van der Waals surface area contributed by atoms with Crippen LogP contribution in [0.25, 0.3) is 67.2 Å². The van der Waals surface area contributed by atoms with Crippen LogP contribution in [0.3, 0.4) is 0 Å². The molecule has 0 N–H and O–H groups in total. The Morgan fingerprint density at radius 3 is 1.46 bits per heavy atom. The van der Waals surface area contributed by atoms with Crippen LogP contribution < -0.4 is 0 Å². The molecule has 1 aliphatic rings. The van der Waals surface area contributed by atoms with Gasteiger partial charge < -0.3 is 0 Å². The Morgan fingerprint density at radius 2 is 0.826 bits per heavy atom. The molecule has 0 saturated carbocycles. The van der Waals surface area contributed by atoms with E-state index in [1.807, 2.05) is 36.4 Å². The van der Waals surface area contributed by atoms with Gasteiger partial charge in [0.15, 0.2) is 17.5 Å². The maximum absolute atomic E-state index is 5.14. The molecule has 46 heavy (non-hydrogen) atoms. The van der Waals surface area contributed by atoms with E-state index < -0.39 is 0 Å². The topological polar surface area (TPSA) is 38.7 Å². The van der Waals surface area contributed by atoms with Crippen molar-refractivity contribution in [2.75, 3.05) is 0 Å². The number of nitrogens with zero attached hydrogens (tertiary/aromatic N) is 3. The fourth-order valence-corrected chi connectivity index (χ4v) is 6.99. The van der Waals surface area contributed by atoms with Gasteiger partial charge in [-0.3, -0.25) is 0 Å². The molecule has 0 amide bonds. The summed E-state index contributed by atoms with van der Waals surface area (Å²) < 4.78 is 0. The molecule has 222 valence electrons. The van der Waals surface area contributed by atoms with Crippen LogP contribution in [0.15, 0.2) is 140 Å². The van der Waals surface area contributed by atoms with E-state index in [-0.39, 0.29) is 10.8 Å². The smallest absolute Gasteiger partial charge is 0.164 e. The van der Waals surface area contributed by atoms with Crippen molar-refractivity contribution in [2.45, 2.75) is 38.5 Å². The zero-order valence-corrected chi connectivity index (χ0v) is 26.6. The highest BCUT2D eigenvalue weighted by Gasteiger charge is 2.45.